The molecule has 2 aromatic rings. The zero-order valence-corrected chi connectivity index (χ0v) is 16.7. The molecule has 1 atom stereocenters. The molecule has 2 rings (SSSR count). The van der Waals surface area contributed by atoms with Crippen LogP contribution in [-0.2, 0) is 19.6 Å². The van der Waals surface area contributed by atoms with Crippen LogP contribution in [0.1, 0.15) is 24.2 Å². The van der Waals surface area contributed by atoms with E-state index >= 15 is 0 Å². The van der Waals surface area contributed by atoms with Crippen molar-refractivity contribution in [3.8, 4) is 5.75 Å². The minimum absolute atomic E-state index is 0.109. The van der Waals surface area contributed by atoms with Crippen LogP contribution in [0.4, 0.5) is 5.69 Å². The number of carbonyl (C=O) groups is 2. The van der Waals surface area contributed by atoms with Gasteiger partial charge in [0.05, 0.1) is 22.9 Å². The fourth-order valence-electron chi connectivity index (χ4n) is 2.22. The van der Waals surface area contributed by atoms with Crippen molar-refractivity contribution in [2.45, 2.75) is 24.8 Å². The lowest BCUT2D eigenvalue weighted by atomic mass is 10.2. The summed E-state index contributed by atoms with van der Waals surface area (Å²) < 4.78 is 33.6. The summed E-state index contributed by atoms with van der Waals surface area (Å²) in [6.45, 7) is 3.61. The molecule has 0 aliphatic carbocycles. The van der Waals surface area contributed by atoms with Gasteiger partial charge in [-0.25, -0.2) is 18.4 Å². The number of hydrogen-bond acceptors (Lipinski definition) is 6. The molecule has 0 saturated carbocycles. The van der Waals surface area contributed by atoms with Crippen LogP contribution < -0.4 is 15.2 Å². The van der Waals surface area contributed by atoms with Gasteiger partial charge in [0, 0.05) is 0 Å². The summed E-state index contributed by atoms with van der Waals surface area (Å²) in [5, 5.41) is 7.55. The van der Waals surface area contributed by atoms with Crippen LogP contribution in [0.5, 0.6) is 5.75 Å². The molecule has 0 radical (unpaired) electrons. The number of hydrogen-bond donors (Lipinski definition) is 2. The first kappa shape index (κ1) is 21.7. The predicted molar refractivity (Wildman–Crippen MR) is 104 cm³/mol. The van der Waals surface area contributed by atoms with Gasteiger partial charge in [-0.1, -0.05) is 23.7 Å². The van der Waals surface area contributed by atoms with Gasteiger partial charge in [0.1, 0.15) is 10.6 Å². The maximum absolute atomic E-state index is 12.3. The minimum atomic E-state index is -4.12. The Morgan fingerprint density at radius 1 is 1.21 bits per heavy atom. The van der Waals surface area contributed by atoms with E-state index in [2.05, 4.69) is 5.32 Å². The molecule has 1 amide bonds. The van der Waals surface area contributed by atoms with Crippen LogP contribution in [0, 0.1) is 0 Å². The van der Waals surface area contributed by atoms with Gasteiger partial charge >= 0.3 is 5.97 Å². The average molecular weight is 427 g/mol. The summed E-state index contributed by atoms with van der Waals surface area (Å²) in [5.41, 5.74) is 0.322. The van der Waals surface area contributed by atoms with Crippen LogP contribution in [0.15, 0.2) is 47.4 Å². The van der Waals surface area contributed by atoms with E-state index in [0.29, 0.717) is 18.0 Å². The molecule has 0 heterocycles. The van der Waals surface area contributed by atoms with Crippen LogP contribution in [0.2, 0.25) is 5.02 Å². The van der Waals surface area contributed by atoms with E-state index in [1.165, 1.54) is 19.1 Å². The molecule has 0 fully saturated rings. The molecule has 1 unspecified atom stereocenters. The average Bonchev–Trinajstić information content (AvgIpc) is 2.62. The Labute approximate surface area is 167 Å². The molecule has 0 spiro atoms. The van der Waals surface area contributed by atoms with Gasteiger partial charge in [-0.2, -0.15) is 0 Å². The van der Waals surface area contributed by atoms with Gasteiger partial charge in [0.15, 0.2) is 6.10 Å². The second kappa shape index (κ2) is 9.05. The lowest BCUT2D eigenvalue weighted by molar-refractivity contribution is -0.123. The zero-order chi connectivity index (χ0) is 20.9. The summed E-state index contributed by atoms with van der Waals surface area (Å²) in [4.78, 5) is 24.2. The summed E-state index contributed by atoms with van der Waals surface area (Å²) >= 11 is 5.79. The van der Waals surface area contributed by atoms with E-state index in [1.807, 2.05) is 6.92 Å². The first-order valence-corrected chi connectivity index (χ1v) is 10.1. The molecule has 28 heavy (non-hydrogen) atoms. The minimum Gasteiger partial charge on any atom is -0.492 e. The highest BCUT2D eigenvalue weighted by Gasteiger charge is 2.22. The number of sulfonamides is 1. The molecule has 0 bridgehead atoms. The topological polar surface area (TPSA) is 125 Å². The van der Waals surface area contributed by atoms with Crippen molar-refractivity contribution < 1.29 is 27.5 Å². The van der Waals surface area contributed by atoms with Crippen molar-refractivity contribution in [1.82, 2.24) is 0 Å². The predicted octanol–water partition coefficient (Wildman–Crippen LogP) is 2.57. The normalized spacial score (nSPS) is 12.1. The second-order valence-electron chi connectivity index (χ2n) is 5.66. The Morgan fingerprint density at radius 2 is 1.89 bits per heavy atom. The fourth-order valence-corrected chi connectivity index (χ4v) is 3.29. The Morgan fingerprint density at radius 3 is 2.54 bits per heavy atom. The van der Waals surface area contributed by atoms with E-state index in [9.17, 15) is 18.0 Å². The Hall–Kier alpha value is -2.62. The second-order valence-corrected chi connectivity index (χ2v) is 7.59. The van der Waals surface area contributed by atoms with Gasteiger partial charge in [-0.3, -0.25) is 4.79 Å². The molecular formula is C18H19ClN2O6S. The molecule has 10 heteroatoms. The van der Waals surface area contributed by atoms with Crippen molar-refractivity contribution in [2.24, 2.45) is 5.14 Å². The molecule has 150 valence electrons. The largest absolute Gasteiger partial charge is 0.492 e. The number of anilines is 1. The molecule has 3 N–H and O–H groups in total. The van der Waals surface area contributed by atoms with Crippen molar-refractivity contribution >= 4 is 39.2 Å². The zero-order valence-electron chi connectivity index (χ0n) is 15.1. The standard InChI is InChI=1S/C18H19ClN2O6S/c1-3-26-15-7-5-4-6-14(15)21-17(22)11(2)27-18(23)12-8-9-13(19)16(10-12)28(20,24)25/h4-11H,3H2,1-2H3,(H,21,22)(H2,20,24,25). The quantitative estimate of drug-likeness (QED) is 0.655. The van der Waals surface area contributed by atoms with E-state index < -0.39 is 32.9 Å². The third-order valence-corrected chi connectivity index (χ3v) is 4.96. The maximum Gasteiger partial charge on any atom is 0.338 e. The number of amides is 1. The number of carbonyl (C=O) groups excluding carboxylic acids is 2. The molecule has 0 saturated heterocycles. The van der Waals surface area contributed by atoms with Crippen LogP contribution in [0.3, 0.4) is 0 Å². The smallest absolute Gasteiger partial charge is 0.338 e. The SMILES string of the molecule is CCOc1ccccc1NC(=O)C(C)OC(=O)c1ccc(Cl)c(S(N)(=O)=O)c1. The van der Waals surface area contributed by atoms with Crippen molar-refractivity contribution in [2.75, 3.05) is 11.9 Å². The molecule has 0 aliphatic rings. The number of rotatable bonds is 7. The Balaban J connectivity index is 2.11. The third-order valence-electron chi connectivity index (χ3n) is 3.57. The number of nitrogens with one attached hydrogen (secondary N) is 1. The summed E-state index contributed by atoms with van der Waals surface area (Å²) in [5.74, 6) is -1.00. The van der Waals surface area contributed by atoms with Gasteiger partial charge in [0.2, 0.25) is 10.0 Å². The number of primary sulfonamides is 1. The molecule has 8 nitrogen and oxygen atoms in total. The van der Waals surface area contributed by atoms with Gasteiger partial charge in [-0.15, -0.1) is 0 Å². The Bertz CT molecular complexity index is 993. The van der Waals surface area contributed by atoms with E-state index in [0.717, 1.165) is 6.07 Å². The van der Waals surface area contributed by atoms with Crippen molar-refractivity contribution in [3.63, 3.8) is 0 Å². The summed E-state index contributed by atoms with van der Waals surface area (Å²) in [7, 11) is -4.12. The van der Waals surface area contributed by atoms with Crippen molar-refractivity contribution in [3.05, 3.63) is 53.1 Å². The fraction of sp³-hybridized carbons (Fsp3) is 0.222. The first-order valence-electron chi connectivity index (χ1n) is 8.19. The summed E-state index contributed by atoms with van der Waals surface area (Å²) in [6.07, 6.45) is -1.16. The third kappa shape index (κ3) is 5.44. The Kier molecular flexibility index (Phi) is 7.00. The number of halogens is 1. The van der Waals surface area contributed by atoms with Gasteiger partial charge in [0.25, 0.3) is 5.91 Å². The van der Waals surface area contributed by atoms with E-state index in [1.54, 1.807) is 24.3 Å². The number of ether oxygens (including phenoxy) is 2. The van der Waals surface area contributed by atoms with Crippen LogP contribution in [0.25, 0.3) is 0 Å². The number of esters is 1. The highest BCUT2D eigenvalue weighted by Crippen LogP contribution is 2.24. The van der Waals surface area contributed by atoms with E-state index in [-0.39, 0.29) is 10.6 Å². The van der Waals surface area contributed by atoms with Crippen molar-refractivity contribution in [1.29, 1.82) is 0 Å². The number of benzene rings is 2. The maximum atomic E-state index is 12.3. The van der Waals surface area contributed by atoms with Gasteiger partial charge < -0.3 is 14.8 Å². The van der Waals surface area contributed by atoms with E-state index in [4.69, 9.17) is 26.2 Å². The molecular weight excluding hydrogens is 408 g/mol. The highest BCUT2D eigenvalue weighted by atomic mass is 35.5. The molecule has 0 aromatic heterocycles. The number of para-hydroxylation sites is 2. The summed E-state index contributed by atoms with van der Waals surface area (Å²) in [6, 6.07) is 10.3. The highest BCUT2D eigenvalue weighted by molar-refractivity contribution is 7.89. The first-order chi connectivity index (χ1) is 13.1. The monoisotopic (exact) mass is 426 g/mol. The molecule has 0 aliphatic heterocycles. The van der Waals surface area contributed by atoms with Crippen LogP contribution >= 0.6 is 11.6 Å². The lowest BCUT2D eigenvalue weighted by Crippen LogP contribution is -2.30. The number of nitrogens with two attached hydrogens (primary N) is 1. The lowest BCUT2D eigenvalue weighted by Gasteiger charge is -2.16. The van der Waals surface area contributed by atoms with Crippen LogP contribution in [-0.4, -0.2) is 33.0 Å². The molecule has 2 aromatic carbocycles. The van der Waals surface area contributed by atoms with Gasteiger partial charge in [-0.05, 0) is 44.2 Å².